The molecule has 0 aromatic carbocycles. The van der Waals surface area contributed by atoms with Gasteiger partial charge in [0.25, 0.3) is 0 Å². The summed E-state index contributed by atoms with van der Waals surface area (Å²) in [6.45, 7) is 0. The molecule has 4 aliphatic heterocycles. The molecule has 0 aliphatic carbocycles. The molecule has 42 valence electrons. The zero-order valence-electron chi connectivity index (χ0n) is 4.22. The van der Waals surface area contributed by atoms with E-state index in [4.69, 9.17) is 12.3 Å². The topological polar surface area (TPSA) is 37.6 Å². The molecule has 0 bridgehead atoms. The summed E-state index contributed by atoms with van der Waals surface area (Å²) in [4.78, 5) is 0. The van der Waals surface area contributed by atoms with Gasteiger partial charge < -0.3 is 12.3 Å². The fourth-order valence-corrected chi connectivity index (χ4v) is 108. The molecule has 0 unspecified atom stereocenters. The van der Waals surface area contributed by atoms with Crippen molar-refractivity contribution in [1.29, 1.82) is 0 Å². The predicted molar refractivity (Wildman–Crippen MR) is 37.8 cm³/mol. The van der Waals surface area contributed by atoms with E-state index < -0.39 is 0 Å². The van der Waals surface area contributed by atoms with E-state index in [0.717, 1.165) is 0 Å². The number of fused-ring (bicyclic) bond motifs is 6. The molecule has 4 heterocycles. The minimum absolute atomic E-state index is 0.164. The van der Waals surface area contributed by atoms with E-state index >= 15 is 0 Å². The van der Waals surface area contributed by atoms with Crippen molar-refractivity contribution < 1.29 is 12.3 Å². The van der Waals surface area contributed by atoms with E-state index in [0.29, 0.717) is 0 Å². The van der Waals surface area contributed by atoms with Crippen molar-refractivity contribution in [2.75, 3.05) is 0 Å². The van der Waals surface area contributed by atoms with E-state index in [-0.39, 0.29) is 48.5 Å². The second-order valence-electron chi connectivity index (χ2n) is 2.28. The SMILES string of the molecule is O1[Si]2[Si]3O[Si]3[Si]3O[Si]3[Si]12. The minimum atomic E-state index is -0.164. The van der Waals surface area contributed by atoms with Gasteiger partial charge >= 0.3 is 0 Å². The lowest BCUT2D eigenvalue weighted by atomic mass is 15.8. The molecule has 6 radical (unpaired) electrons. The predicted octanol–water partition coefficient (Wildman–Crippen LogP) is -2.49. The highest BCUT2D eigenvalue weighted by molar-refractivity contribution is 8.05. The van der Waals surface area contributed by atoms with Crippen LogP contribution in [-0.4, -0.2) is 48.5 Å². The summed E-state index contributed by atoms with van der Waals surface area (Å²) >= 11 is 0. The van der Waals surface area contributed by atoms with Crippen molar-refractivity contribution in [3.63, 3.8) is 0 Å². The summed E-state index contributed by atoms with van der Waals surface area (Å²) in [5.74, 6) is 0. The van der Waals surface area contributed by atoms with Crippen molar-refractivity contribution in [3.8, 4) is 0 Å². The lowest BCUT2D eigenvalue weighted by Gasteiger charge is -1.77. The highest BCUT2D eigenvalue weighted by Gasteiger charge is 2.84. The fraction of sp³-hybridized carbons (Fsp3) is 0. The normalized spacial score (nSPS) is 44.0. The first kappa shape index (κ1) is 4.94. The lowest BCUT2D eigenvalue weighted by molar-refractivity contribution is 0.713. The van der Waals surface area contributed by atoms with Crippen LogP contribution in [0.3, 0.4) is 0 Å². The smallest absolute Gasteiger partial charge is 0.229 e. The van der Waals surface area contributed by atoms with Crippen molar-refractivity contribution in [1.82, 2.24) is 0 Å². The Balaban J connectivity index is 1.84. The van der Waals surface area contributed by atoms with E-state index in [1.807, 2.05) is 0 Å². The molecule has 0 amide bonds. The zero-order valence-corrected chi connectivity index (χ0v) is 10.2. The maximum absolute atomic E-state index is 5.68. The molecular formula is O3Si6. The monoisotopic (exact) mass is 216 g/mol. The molecule has 0 N–H and O–H groups in total. The molecule has 9 heteroatoms. The number of hydrogen-bond donors (Lipinski definition) is 0. The van der Waals surface area contributed by atoms with Crippen molar-refractivity contribution >= 4 is 48.5 Å². The molecule has 0 aromatic heterocycles. The molecule has 0 aromatic rings. The number of hydrogen-bond acceptors (Lipinski definition) is 3. The standard InChI is InChI=1S/O3Si6/c1-4-5(1)7-3-9(7)8-2-6(4)8. The molecule has 4 saturated heterocycles. The Bertz CT molecular complexity index is 129. The van der Waals surface area contributed by atoms with Crippen LogP contribution in [0.4, 0.5) is 0 Å². The largest absolute Gasteiger partial charge is 0.458 e. The van der Waals surface area contributed by atoms with Crippen LogP contribution in [0.15, 0.2) is 0 Å². The van der Waals surface area contributed by atoms with Gasteiger partial charge in [0.15, 0.2) is 0 Å². The quantitative estimate of drug-likeness (QED) is 0.332. The molecule has 4 fully saturated rings. The summed E-state index contributed by atoms with van der Waals surface area (Å²) in [7, 11) is -0.987. The summed E-state index contributed by atoms with van der Waals surface area (Å²) in [5, 5.41) is 0. The second kappa shape index (κ2) is 1.25. The van der Waals surface area contributed by atoms with Gasteiger partial charge in [-0.1, -0.05) is 0 Å². The molecule has 0 atom stereocenters. The van der Waals surface area contributed by atoms with Crippen LogP contribution in [-0.2, 0) is 12.3 Å². The minimum Gasteiger partial charge on any atom is -0.458 e. The third-order valence-corrected chi connectivity index (χ3v) is 59.1. The van der Waals surface area contributed by atoms with Gasteiger partial charge in [-0.05, 0) is 0 Å². The van der Waals surface area contributed by atoms with Crippen LogP contribution in [0.2, 0.25) is 0 Å². The van der Waals surface area contributed by atoms with Crippen LogP contribution >= 0.6 is 0 Å². The van der Waals surface area contributed by atoms with E-state index in [1.54, 1.807) is 0 Å². The fourth-order valence-electron chi connectivity index (χ4n) is 1.13. The van der Waals surface area contributed by atoms with Gasteiger partial charge in [-0.15, -0.1) is 0 Å². The third-order valence-electron chi connectivity index (χ3n) is 1.72. The maximum Gasteiger partial charge on any atom is 0.229 e. The van der Waals surface area contributed by atoms with Crippen LogP contribution < -0.4 is 0 Å². The van der Waals surface area contributed by atoms with Crippen molar-refractivity contribution in [2.24, 2.45) is 0 Å². The average Bonchev–Trinajstić information content (AvgIpc) is 2.64. The van der Waals surface area contributed by atoms with Crippen LogP contribution in [0.25, 0.3) is 0 Å². The molecule has 3 nitrogen and oxygen atoms in total. The van der Waals surface area contributed by atoms with Gasteiger partial charge in [0.05, 0.1) is 0 Å². The Morgan fingerprint density at radius 3 is 0.889 bits per heavy atom. The highest BCUT2D eigenvalue weighted by atomic mass is 30.2. The summed E-state index contributed by atoms with van der Waals surface area (Å²) in [6.07, 6.45) is 0. The van der Waals surface area contributed by atoms with E-state index in [9.17, 15) is 0 Å². The van der Waals surface area contributed by atoms with E-state index in [2.05, 4.69) is 0 Å². The molecule has 4 rings (SSSR count). The Morgan fingerprint density at radius 1 is 0.444 bits per heavy atom. The first-order valence-corrected chi connectivity index (χ1v) is 17.2. The van der Waals surface area contributed by atoms with Gasteiger partial charge in [-0.25, -0.2) is 0 Å². The average molecular weight is 217 g/mol. The first-order chi connectivity index (χ1) is 4.45. The highest BCUT2D eigenvalue weighted by Crippen LogP contribution is 2.43. The van der Waals surface area contributed by atoms with Crippen LogP contribution in [0, 0.1) is 0 Å². The molecule has 9 heavy (non-hydrogen) atoms. The molecule has 0 saturated carbocycles. The van der Waals surface area contributed by atoms with Gasteiger partial charge in [0.1, 0.15) is 0 Å². The Hall–Kier alpha value is 1.18. The Kier molecular flexibility index (Phi) is 0.686. The third kappa shape index (κ3) is 0.487. The van der Waals surface area contributed by atoms with Crippen molar-refractivity contribution in [3.05, 3.63) is 0 Å². The van der Waals surface area contributed by atoms with Gasteiger partial charge in [0, 0.05) is 0 Å². The van der Waals surface area contributed by atoms with Crippen LogP contribution in [0.5, 0.6) is 0 Å². The molecule has 0 spiro atoms. The Morgan fingerprint density at radius 2 is 0.667 bits per heavy atom. The van der Waals surface area contributed by atoms with E-state index in [1.165, 1.54) is 0 Å². The summed E-state index contributed by atoms with van der Waals surface area (Å²) in [5.41, 5.74) is 0. The van der Waals surface area contributed by atoms with Gasteiger partial charge in [-0.2, -0.15) is 0 Å². The summed E-state index contributed by atoms with van der Waals surface area (Å²) < 4.78 is 17.0. The molecule has 4 aliphatic rings. The zero-order chi connectivity index (χ0) is 5.59. The van der Waals surface area contributed by atoms with Crippen molar-refractivity contribution in [2.45, 2.75) is 0 Å². The summed E-state index contributed by atoms with van der Waals surface area (Å²) in [6, 6.07) is 0. The Labute approximate surface area is 61.0 Å². The first-order valence-electron chi connectivity index (χ1n) is 2.72. The number of rotatable bonds is 0. The maximum atomic E-state index is 5.68. The van der Waals surface area contributed by atoms with Gasteiger partial charge in [0.2, 0.25) is 48.5 Å². The van der Waals surface area contributed by atoms with Gasteiger partial charge in [-0.3, -0.25) is 0 Å². The lowest BCUT2D eigenvalue weighted by Crippen LogP contribution is -2.38. The second-order valence-corrected chi connectivity index (χ2v) is 34.0. The van der Waals surface area contributed by atoms with Crippen LogP contribution in [0.1, 0.15) is 0 Å². The molecular weight excluding hydrogens is 217 g/mol.